The molecule has 0 spiro atoms. The minimum atomic E-state index is -0.435. The summed E-state index contributed by atoms with van der Waals surface area (Å²) in [5.74, 6) is 0. The largest absolute Gasteiger partial charge is 0.397 e. The number of rotatable bonds is 3. The van der Waals surface area contributed by atoms with Gasteiger partial charge in [-0.3, -0.25) is 10.1 Å². The molecule has 0 aliphatic carbocycles. The molecule has 1 unspecified atom stereocenters. The van der Waals surface area contributed by atoms with Crippen molar-refractivity contribution in [2.75, 3.05) is 30.8 Å². The van der Waals surface area contributed by atoms with Crippen LogP contribution in [0.4, 0.5) is 17.1 Å². The highest BCUT2D eigenvalue weighted by atomic mass is 16.6. The Hall–Kier alpha value is -1.82. The van der Waals surface area contributed by atoms with Gasteiger partial charge < -0.3 is 15.4 Å². The van der Waals surface area contributed by atoms with Crippen molar-refractivity contribution in [1.82, 2.24) is 0 Å². The van der Waals surface area contributed by atoms with Crippen LogP contribution >= 0.6 is 0 Å². The van der Waals surface area contributed by atoms with Crippen molar-refractivity contribution >= 4 is 17.1 Å². The van der Waals surface area contributed by atoms with Crippen LogP contribution in [-0.2, 0) is 4.74 Å². The first-order valence-electron chi connectivity index (χ1n) is 6.29. The fraction of sp³-hybridized carbons (Fsp3) is 0.538. The highest BCUT2D eigenvalue weighted by Gasteiger charge is 2.31. The topological polar surface area (TPSA) is 81.6 Å². The monoisotopic (exact) mass is 265 g/mol. The number of nitro groups is 1. The molecule has 6 heteroatoms. The molecule has 19 heavy (non-hydrogen) atoms. The molecule has 1 aromatic carbocycles. The number of nitrogen functional groups attached to an aromatic ring is 1. The lowest BCUT2D eigenvalue weighted by atomic mass is 9.94. The summed E-state index contributed by atoms with van der Waals surface area (Å²) in [6.45, 7) is 3.70. The average molecular weight is 265 g/mol. The van der Waals surface area contributed by atoms with Crippen molar-refractivity contribution in [3.63, 3.8) is 0 Å². The van der Waals surface area contributed by atoms with Gasteiger partial charge in [-0.05, 0) is 25.8 Å². The zero-order chi connectivity index (χ0) is 14.0. The van der Waals surface area contributed by atoms with E-state index in [2.05, 4.69) is 11.8 Å². The number of benzene rings is 1. The molecule has 6 nitrogen and oxygen atoms in total. The molecule has 0 radical (unpaired) electrons. The van der Waals surface area contributed by atoms with Gasteiger partial charge in [-0.2, -0.15) is 0 Å². The van der Waals surface area contributed by atoms with Gasteiger partial charge in [0.2, 0.25) is 0 Å². The molecule has 0 amide bonds. The van der Waals surface area contributed by atoms with Crippen molar-refractivity contribution in [1.29, 1.82) is 0 Å². The van der Waals surface area contributed by atoms with E-state index in [4.69, 9.17) is 10.5 Å². The van der Waals surface area contributed by atoms with E-state index < -0.39 is 4.92 Å². The fourth-order valence-electron chi connectivity index (χ4n) is 2.52. The predicted molar refractivity (Wildman–Crippen MR) is 74.4 cm³/mol. The van der Waals surface area contributed by atoms with Crippen LogP contribution in [0.15, 0.2) is 18.2 Å². The molecule has 0 saturated carbocycles. The summed E-state index contributed by atoms with van der Waals surface area (Å²) in [7, 11) is 1.71. The minimum Gasteiger partial charge on any atom is -0.397 e. The first-order chi connectivity index (χ1) is 8.95. The Kier molecular flexibility index (Phi) is 3.61. The van der Waals surface area contributed by atoms with Crippen LogP contribution in [0.25, 0.3) is 0 Å². The number of hydrogen-bond acceptors (Lipinski definition) is 5. The number of nitrogens with two attached hydrogens (primary N) is 1. The molecule has 2 rings (SSSR count). The summed E-state index contributed by atoms with van der Waals surface area (Å²) in [6.07, 6.45) is 2.02. The van der Waals surface area contributed by atoms with Gasteiger partial charge in [-0.1, -0.05) is 0 Å². The smallest absolute Gasteiger partial charge is 0.271 e. The third kappa shape index (κ3) is 2.78. The van der Waals surface area contributed by atoms with Crippen molar-refractivity contribution in [2.45, 2.75) is 25.4 Å². The summed E-state index contributed by atoms with van der Waals surface area (Å²) < 4.78 is 5.54. The van der Waals surface area contributed by atoms with E-state index in [0.717, 1.165) is 31.6 Å². The zero-order valence-electron chi connectivity index (χ0n) is 11.3. The molecule has 0 bridgehead atoms. The van der Waals surface area contributed by atoms with Gasteiger partial charge in [0, 0.05) is 32.3 Å². The number of anilines is 2. The van der Waals surface area contributed by atoms with Crippen LogP contribution in [0.2, 0.25) is 0 Å². The minimum absolute atomic E-state index is 0.0211. The van der Waals surface area contributed by atoms with Crippen molar-refractivity contribution in [3.8, 4) is 0 Å². The summed E-state index contributed by atoms with van der Waals surface area (Å²) in [5, 5.41) is 10.7. The number of ether oxygens (including phenoxy) is 1. The molecular formula is C13H19N3O3. The highest BCUT2D eigenvalue weighted by molar-refractivity contribution is 5.71. The van der Waals surface area contributed by atoms with E-state index in [0.29, 0.717) is 5.69 Å². The summed E-state index contributed by atoms with van der Waals surface area (Å²) >= 11 is 0. The van der Waals surface area contributed by atoms with Crippen molar-refractivity contribution in [2.24, 2.45) is 0 Å². The molecule has 1 saturated heterocycles. The van der Waals surface area contributed by atoms with E-state index in [9.17, 15) is 10.1 Å². The van der Waals surface area contributed by atoms with Gasteiger partial charge in [-0.25, -0.2) is 0 Å². The van der Waals surface area contributed by atoms with Gasteiger partial charge in [-0.15, -0.1) is 0 Å². The predicted octanol–water partition coefficient (Wildman–Crippen LogP) is 2.18. The van der Waals surface area contributed by atoms with Crippen molar-refractivity contribution < 1.29 is 9.66 Å². The van der Waals surface area contributed by atoms with E-state index >= 15 is 0 Å². The lowest BCUT2D eigenvalue weighted by molar-refractivity contribution is -0.384. The van der Waals surface area contributed by atoms with Gasteiger partial charge in [0.1, 0.15) is 0 Å². The summed E-state index contributed by atoms with van der Waals surface area (Å²) in [5.41, 5.74) is 7.05. The molecule has 104 valence electrons. The maximum Gasteiger partial charge on any atom is 0.271 e. The first kappa shape index (κ1) is 13.6. The van der Waals surface area contributed by atoms with Crippen LogP contribution in [0, 0.1) is 10.1 Å². The Balaban J connectivity index is 2.24. The lowest BCUT2D eigenvalue weighted by Gasteiger charge is -2.41. The Labute approximate surface area is 112 Å². The van der Waals surface area contributed by atoms with Crippen LogP contribution in [-0.4, -0.2) is 30.7 Å². The molecule has 1 atom stereocenters. The lowest BCUT2D eigenvalue weighted by Crippen LogP contribution is -2.47. The molecule has 1 aliphatic heterocycles. The summed E-state index contributed by atoms with van der Waals surface area (Å²) in [6, 6.07) is 4.62. The molecule has 1 aromatic rings. The van der Waals surface area contributed by atoms with Crippen LogP contribution in [0.1, 0.15) is 19.8 Å². The zero-order valence-corrected chi connectivity index (χ0v) is 11.3. The fourth-order valence-corrected chi connectivity index (χ4v) is 2.52. The Morgan fingerprint density at radius 1 is 1.53 bits per heavy atom. The van der Waals surface area contributed by atoms with Gasteiger partial charge in [0.15, 0.2) is 0 Å². The molecule has 1 heterocycles. The SMILES string of the molecule is COC1(C)CCCN(c2ccc([N+](=O)[O-])cc2N)C1. The number of nitrogens with zero attached hydrogens (tertiary/aromatic N) is 2. The average Bonchev–Trinajstić information content (AvgIpc) is 2.38. The number of methoxy groups -OCH3 is 1. The van der Waals surface area contributed by atoms with Gasteiger partial charge >= 0.3 is 0 Å². The van der Waals surface area contributed by atoms with Crippen LogP contribution < -0.4 is 10.6 Å². The van der Waals surface area contributed by atoms with Gasteiger partial charge in [0.05, 0.1) is 21.9 Å². The quantitative estimate of drug-likeness (QED) is 0.514. The normalized spacial score (nSPS) is 23.4. The maximum absolute atomic E-state index is 10.7. The molecule has 2 N–H and O–H groups in total. The Morgan fingerprint density at radius 3 is 2.84 bits per heavy atom. The number of hydrogen-bond donors (Lipinski definition) is 1. The van der Waals surface area contributed by atoms with E-state index in [1.54, 1.807) is 13.2 Å². The second-order valence-electron chi connectivity index (χ2n) is 5.18. The van der Waals surface area contributed by atoms with E-state index in [1.165, 1.54) is 12.1 Å². The molecule has 0 aromatic heterocycles. The summed E-state index contributed by atoms with van der Waals surface area (Å²) in [4.78, 5) is 12.4. The molecule has 1 fully saturated rings. The molecular weight excluding hydrogens is 246 g/mol. The highest BCUT2D eigenvalue weighted by Crippen LogP contribution is 2.33. The number of non-ortho nitro benzene ring substituents is 1. The second-order valence-corrected chi connectivity index (χ2v) is 5.18. The van der Waals surface area contributed by atoms with E-state index in [-0.39, 0.29) is 11.3 Å². The third-order valence-electron chi connectivity index (χ3n) is 3.71. The maximum atomic E-state index is 10.7. The van der Waals surface area contributed by atoms with Crippen LogP contribution in [0.5, 0.6) is 0 Å². The number of piperidine rings is 1. The van der Waals surface area contributed by atoms with Crippen molar-refractivity contribution in [3.05, 3.63) is 28.3 Å². The van der Waals surface area contributed by atoms with Crippen LogP contribution in [0.3, 0.4) is 0 Å². The first-order valence-corrected chi connectivity index (χ1v) is 6.29. The second kappa shape index (κ2) is 5.05. The Bertz CT molecular complexity index is 492. The van der Waals surface area contributed by atoms with E-state index in [1.807, 2.05) is 0 Å². The third-order valence-corrected chi connectivity index (χ3v) is 3.71. The standard InChI is InChI=1S/C13H19N3O3/c1-13(19-2)6-3-7-15(9-13)12-5-4-10(16(17)18)8-11(12)14/h4-5,8H,3,6-7,9,14H2,1-2H3. The Morgan fingerprint density at radius 2 is 2.26 bits per heavy atom. The van der Waals surface area contributed by atoms with Gasteiger partial charge in [0.25, 0.3) is 5.69 Å². The number of nitro benzene ring substituents is 1. The molecule has 1 aliphatic rings.